The van der Waals surface area contributed by atoms with E-state index in [0.29, 0.717) is 47.4 Å². The Morgan fingerprint density at radius 3 is 2.36 bits per heavy atom. The Labute approximate surface area is 212 Å². The van der Waals surface area contributed by atoms with Crippen LogP contribution in [0.5, 0.6) is 0 Å². The third-order valence-corrected chi connectivity index (χ3v) is 6.38. The number of benzene rings is 2. The van der Waals surface area contributed by atoms with Gasteiger partial charge in [-0.1, -0.05) is 65.1 Å². The molecule has 33 heavy (non-hydrogen) atoms. The fourth-order valence-electron chi connectivity index (χ4n) is 3.66. The van der Waals surface area contributed by atoms with E-state index in [9.17, 15) is 9.90 Å². The molecule has 0 unspecified atom stereocenters. The first-order valence-corrected chi connectivity index (χ1v) is 12.4. The highest BCUT2D eigenvalue weighted by atomic mass is 79.9. The van der Waals surface area contributed by atoms with Crippen molar-refractivity contribution in [2.75, 3.05) is 13.1 Å². The molecule has 6 nitrogen and oxygen atoms in total. The summed E-state index contributed by atoms with van der Waals surface area (Å²) in [5.74, 6) is -0.295. The molecule has 1 saturated heterocycles. The minimum atomic E-state index is -0.315. The van der Waals surface area contributed by atoms with E-state index in [-0.39, 0.29) is 12.0 Å². The highest BCUT2D eigenvalue weighted by molar-refractivity contribution is 9.10. The van der Waals surface area contributed by atoms with Crippen molar-refractivity contribution >= 4 is 45.0 Å². The number of aliphatic hydroxyl groups is 1. The second kappa shape index (κ2) is 11.5. The number of carbonyl (C=O) groups is 1. The summed E-state index contributed by atoms with van der Waals surface area (Å²) in [5.41, 5.74) is 6.28. The number of carbonyl (C=O) groups excluding carboxylic acids is 1. The van der Waals surface area contributed by atoms with Gasteiger partial charge in [-0.2, -0.15) is 5.10 Å². The summed E-state index contributed by atoms with van der Waals surface area (Å²) in [6.45, 7) is 7.06. The summed E-state index contributed by atoms with van der Waals surface area (Å²) in [7, 11) is 0. The molecule has 0 saturated carbocycles. The van der Waals surface area contributed by atoms with E-state index in [1.807, 2.05) is 50.0 Å². The van der Waals surface area contributed by atoms with E-state index in [2.05, 4.69) is 26.5 Å². The van der Waals surface area contributed by atoms with Gasteiger partial charge in [-0.25, -0.2) is 9.69 Å². The predicted molar refractivity (Wildman–Crippen MR) is 137 cm³/mol. The van der Waals surface area contributed by atoms with Gasteiger partial charge in [0.15, 0.2) is 5.69 Å². The van der Waals surface area contributed by atoms with E-state index in [4.69, 9.17) is 23.2 Å². The quantitative estimate of drug-likeness (QED) is 0.413. The first-order chi connectivity index (χ1) is 15.8. The summed E-state index contributed by atoms with van der Waals surface area (Å²) in [5, 5.41) is 17.1. The van der Waals surface area contributed by atoms with E-state index in [1.54, 1.807) is 22.9 Å². The molecule has 1 aromatic heterocycles. The molecule has 0 bridgehead atoms. The van der Waals surface area contributed by atoms with Crippen molar-refractivity contribution in [2.45, 2.75) is 39.7 Å². The first kappa shape index (κ1) is 25.7. The number of hydrazine groups is 1. The highest BCUT2D eigenvalue weighted by Crippen LogP contribution is 2.33. The largest absolute Gasteiger partial charge is 0.393 e. The molecular formula is C24H27BrCl2N4O2. The summed E-state index contributed by atoms with van der Waals surface area (Å²) >= 11 is 16.0. The maximum absolute atomic E-state index is 13.1. The summed E-state index contributed by atoms with van der Waals surface area (Å²) in [6, 6.07) is 13.0. The molecule has 4 rings (SSSR count). The molecule has 1 aliphatic rings. The fraction of sp³-hybridized carbons (Fsp3) is 0.333. The molecule has 1 aliphatic heterocycles. The SMILES string of the molecule is CC.Cc1c(C(=O)NN2CCC(O)CC2)nn(-c2ccc(Cl)cc2Cl)c1-c1ccc(Br)cc1. The van der Waals surface area contributed by atoms with Crippen LogP contribution in [0.3, 0.4) is 0 Å². The minimum absolute atomic E-state index is 0.295. The van der Waals surface area contributed by atoms with Gasteiger partial charge in [0.2, 0.25) is 0 Å². The Morgan fingerprint density at radius 1 is 1.12 bits per heavy atom. The molecule has 0 radical (unpaired) electrons. The van der Waals surface area contributed by atoms with Crippen molar-refractivity contribution in [1.29, 1.82) is 0 Å². The Kier molecular flexibility index (Phi) is 8.95. The second-order valence-corrected chi connectivity index (χ2v) is 9.26. The lowest BCUT2D eigenvalue weighted by Crippen LogP contribution is -2.47. The average Bonchev–Trinajstić information content (AvgIpc) is 3.14. The molecule has 2 N–H and O–H groups in total. The lowest BCUT2D eigenvalue weighted by molar-refractivity contribution is 0.0463. The molecule has 2 heterocycles. The van der Waals surface area contributed by atoms with Crippen LogP contribution in [0.4, 0.5) is 0 Å². The molecule has 1 amide bonds. The van der Waals surface area contributed by atoms with Gasteiger partial charge < -0.3 is 5.11 Å². The number of halogens is 3. The first-order valence-electron chi connectivity index (χ1n) is 10.9. The van der Waals surface area contributed by atoms with Crippen molar-refractivity contribution in [3.05, 3.63) is 68.2 Å². The van der Waals surface area contributed by atoms with E-state index in [1.165, 1.54) is 0 Å². The number of hydrogen-bond donors (Lipinski definition) is 2. The van der Waals surface area contributed by atoms with Crippen LogP contribution in [-0.4, -0.2) is 45.0 Å². The Bertz CT molecular complexity index is 1110. The van der Waals surface area contributed by atoms with Crippen LogP contribution in [0.1, 0.15) is 42.7 Å². The lowest BCUT2D eigenvalue weighted by atomic mass is 10.1. The second-order valence-electron chi connectivity index (χ2n) is 7.50. The van der Waals surface area contributed by atoms with Gasteiger partial charge in [-0.3, -0.25) is 10.2 Å². The van der Waals surface area contributed by atoms with Gasteiger partial charge in [-0.15, -0.1) is 0 Å². The summed E-state index contributed by atoms with van der Waals surface area (Å²) < 4.78 is 2.64. The number of piperidine rings is 1. The fourth-order valence-corrected chi connectivity index (χ4v) is 4.41. The van der Waals surface area contributed by atoms with Crippen molar-refractivity contribution in [3.8, 4) is 16.9 Å². The van der Waals surface area contributed by atoms with Crippen molar-refractivity contribution < 1.29 is 9.90 Å². The summed E-state index contributed by atoms with van der Waals surface area (Å²) in [6.07, 6.45) is 0.932. The van der Waals surface area contributed by atoms with Crippen LogP contribution >= 0.6 is 39.1 Å². The van der Waals surface area contributed by atoms with Gasteiger partial charge in [-0.05, 0) is 50.1 Å². The third-order valence-electron chi connectivity index (χ3n) is 5.32. The number of nitrogens with one attached hydrogen (secondary N) is 1. The third kappa shape index (κ3) is 5.97. The van der Waals surface area contributed by atoms with Gasteiger partial charge in [0, 0.05) is 33.7 Å². The minimum Gasteiger partial charge on any atom is -0.393 e. The van der Waals surface area contributed by atoms with Crippen molar-refractivity contribution in [3.63, 3.8) is 0 Å². The zero-order chi connectivity index (χ0) is 24.1. The number of aliphatic hydroxyl groups excluding tert-OH is 1. The molecule has 3 aromatic rings. The molecular weight excluding hydrogens is 527 g/mol. The van der Waals surface area contributed by atoms with E-state index < -0.39 is 0 Å². The zero-order valence-corrected chi connectivity index (χ0v) is 21.9. The Balaban J connectivity index is 0.00000149. The van der Waals surface area contributed by atoms with E-state index in [0.717, 1.165) is 21.3 Å². The molecule has 0 aliphatic carbocycles. The van der Waals surface area contributed by atoms with Crippen molar-refractivity contribution in [2.24, 2.45) is 0 Å². The number of hydrogen-bond acceptors (Lipinski definition) is 4. The molecule has 1 fully saturated rings. The van der Waals surface area contributed by atoms with Crippen LogP contribution in [0, 0.1) is 6.92 Å². The van der Waals surface area contributed by atoms with Crippen LogP contribution < -0.4 is 5.43 Å². The normalized spacial score (nSPS) is 14.5. The summed E-state index contributed by atoms with van der Waals surface area (Å²) in [4.78, 5) is 13.1. The van der Waals surface area contributed by atoms with Gasteiger partial charge in [0.25, 0.3) is 5.91 Å². The molecule has 0 atom stereocenters. The molecule has 176 valence electrons. The number of amides is 1. The molecule has 2 aromatic carbocycles. The average molecular weight is 554 g/mol. The van der Waals surface area contributed by atoms with Crippen LogP contribution in [0.15, 0.2) is 46.9 Å². The monoisotopic (exact) mass is 552 g/mol. The standard InChI is InChI=1S/C22H21BrCl2N4O2.C2H6/c1-13-20(22(31)27-28-10-8-17(30)9-11-28)26-29(19-7-6-16(24)12-18(19)25)21(13)14-2-4-15(23)5-3-14;1-2/h2-7,12,17,30H,8-11H2,1H3,(H,27,31);1-2H3. The van der Waals surface area contributed by atoms with Crippen LogP contribution in [0.2, 0.25) is 10.0 Å². The Hall–Kier alpha value is -1.90. The number of nitrogens with zero attached hydrogens (tertiary/aromatic N) is 3. The number of rotatable bonds is 4. The lowest BCUT2D eigenvalue weighted by Gasteiger charge is -2.29. The van der Waals surface area contributed by atoms with Gasteiger partial charge >= 0.3 is 0 Å². The zero-order valence-electron chi connectivity index (χ0n) is 18.8. The number of aromatic nitrogens is 2. The van der Waals surface area contributed by atoms with E-state index >= 15 is 0 Å². The van der Waals surface area contributed by atoms with Crippen molar-refractivity contribution in [1.82, 2.24) is 20.2 Å². The van der Waals surface area contributed by atoms with Crippen LogP contribution in [0.25, 0.3) is 16.9 Å². The molecule has 0 spiro atoms. The van der Waals surface area contributed by atoms with Crippen LogP contribution in [-0.2, 0) is 0 Å². The molecule has 9 heteroatoms. The highest BCUT2D eigenvalue weighted by Gasteiger charge is 2.25. The smallest absolute Gasteiger partial charge is 0.286 e. The van der Waals surface area contributed by atoms with Gasteiger partial charge in [0.1, 0.15) is 0 Å². The maximum atomic E-state index is 13.1. The Morgan fingerprint density at radius 2 is 1.76 bits per heavy atom. The van der Waals surface area contributed by atoms with Gasteiger partial charge in [0.05, 0.1) is 22.5 Å². The predicted octanol–water partition coefficient (Wildman–Crippen LogP) is 6.04. The maximum Gasteiger partial charge on any atom is 0.286 e. The topological polar surface area (TPSA) is 70.4 Å².